The van der Waals surface area contributed by atoms with E-state index in [1.165, 1.54) is 4.90 Å². The van der Waals surface area contributed by atoms with E-state index in [0.29, 0.717) is 11.6 Å². The fourth-order valence-corrected chi connectivity index (χ4v) is 2.24. The minimum Gasteiger partial charge on any atom is -0.444 e. The first-order chi connectivity index (χ1) is 8.76. The maximum Gasteiger partial charge on any atom is 0.410 e. The van der Waals surface area contributed by atoms with E-state index in [4.69, 9.17) is 16.3 Å². The number of fused-ring (bicyclic) bond motifs is 1. The summed E-state index contributed by atoms with van der Waals surface area (Å²) in [7, 11) is 0. The zero-order valence-corrected chi connectivity index (χ0v) is 12.1. The van der Waals surface area contributed by atoms with Crippen LogP contribution >= 0.6 is 11.6 Å². The Bertz CT molecular complexity index is 496. The second-order valence-corrected chi connectivity index (χ2v) is 6.16. The lowest BCUT2D eigenvalue weighted by Crippen LogP contribution is -2.41. The molecule has 0 fully saturated rings. The number of hydrogen-bond donors (Lipinski definition) is 1. The smallest absolute Gasteiger partial charge is 0.410 e. The monoisotopic (exact) mass is 283 g/mol. The molecular formula is C14H18ClNO3. The number of hydrogen-bond acceptors (Lipinski definition) is 3. The highest BCUT2D eigenvalue weighted by atomic mass is 35.5. The van der Waals surface area contributed by atoms with E-state index in [1.807, 2.05) is 26.8 Å². The van der Waals surface area contributed by atoms with Gasteiger partial charge < -0.3 is 14.7 Å². The van der Waals surface area contributed by atoms with Crippen molar-refractivity contribution in [1.29, 1.82) is 0 Å². The van der Waals surface area contributed by atoms with Crippen molar-refractivity contribution in [3.63, 3.8) is 0 Å². The molecule has 0 aliphatic carbocycles. The summed E-state index contributed by atoms with van der Waals surface area (Å²) in [6.45, 7) is 6.11. The number of halogens is 1. The predicted molar refractivity (Wildman–Crippen MR) is 73.1 cm³/mol. The molecule has 0 radical (unpaired) electrons. The van der Waals surface area contributed by atoms with Gasteiger partial charge in [0.1, 0.15) is 5.60 Å². The van der Waals surface area contributed by atoms with Crippen molar-refractivity contribution in [2.45, 2.75) is 39.0 Å². The van der Waals surface area contributed by atoms with E-state index < -0.39 is 17.8 Å². The first kappa shape index (κ1) is 14.2. The molecule has 0 aromatic heterocycles. The summed E-state index contributed by atoms with van der Waals surface area (Å²) < 4.78 is 5.31. The zero-order chi connectivity index (χ0) is 14.2. The van der Waals surface area contributed by atoms with Gasteiger partial charge in [-0.1, -0.05) is 17.7 Å². The van der Waals surface area contributed by atoms with Crippen LogP contribution in [-0.4, -0.2) is 28.2 Å². The molecular weight excluding hydrogens is 266 g/mol. The van der Waals surface area contributed by atoms with Gasteiger partial charge in [-0.2, -0.15) is 0 Å². The van der Waals surface area contributed by atoms with Crippen LogP contribution in [0.25, 0.3) is 0 Å². The van der Waals surface area contributed by atoms with Gasteiger partial charge in [-0.3, -0.25) is 0 Å². The number of ether oxygens (including phenoxy) is 1. The van der Waals surface area contributed by atoms with Crippen molar-refractivity contribution >= 4 is 17.7 Å². The minimum absolute atomic E-state index is 0.224. The number of nitrogens with zero attached hydrogens (tertiary/aromatic N) is 1. The molecule has 1 aromatic rings. The van der Waals surface area contributed by atoms with Crippen molar-refractivity contribution < 1.29 is 14.6 Å². The molecule has 1 aliphatic heterocycles. The van der Waals surface area contributed by atoms with Gasteiger partial charge in [0.15, 0.2) is 0 Å². The van der Waals surface area contributed by atoms with E-state index in [0.717, 1.165) is 11.1 Å². The molecule has 1 atom stereocenters. The standard InChI is InChI=1S/C14H18ClNO3/c1-14(2,3)19-13(18)16-7-9-4-5-10(15)6-11(9)12(17)8-16/h4-6,12,17H,7-8H2,1-3H3. The third-order valence-corrected chi connectivity index (χ3v) is 3.11. The first-order valence-corrected chi connectivity index (χ1v) is 6.58. The molecule has 19 heavy (non-hydrogen) atoms. The highest BCUT2D eigenvalue weighted by molar-refractivity contribution is 6.30. The van der Waals surface area contributed by atoms with E-state index in [9.17, 15) is 9.90 Å². The van der Waals surface area contributed by atoms with Crippen LogP contribution in [0, 0.1) is 0 Å². The highest BCUT2D eigenvalue weighted by Gasteiger charge is 2.29. The van der Waals surface area contributed by atoms with Crippen LogP contribution in [0.3, 0.4) is 0 Å². The third-order valence-electron chi connectivity index (χ3n) is 2.87. The Hall–Kier alpha value is -1.26. The summed E-state index contributed by atoms with van der Waals surface area (Å²) in [4.78, 5) is 13.5. The number of β-amino-alcohol motifs (C(OH)–C–C–N with tert-alkyl or cyclic N) is 1. The maximum atomic E-state index is 12.0. The summed E-state index contributed by atoms with van der Waals surface area (Å²) in [6, 6.07) is 5.33. The van der Waals surface area contributed by atoms with Crippen molar-refractivity contribution in [3.05, 3.63) is 34.3 Å². The molecule has 1 heterocycles. The first-order valence-electron chi connectivity index (χ1n) is 6.20. The molecule has 1 aliphatic rings. The van der Waals surface area contributed by atoms with Crippen LogP contribution < -0.4 is 0 Å². The molecule has 5 heteroatoms. The van der Waals surface area contributed by atoms with Gasteiger partial charge in [0, 0.05) is 11.6 Å². The van der Waals surface area contributed by atoms with Crippen molar-refractivity contribution in [2.24, 2.45) is 0 Å². The van der Waals surface area contributed by atoms with Crippen molar-refractivity contribution in [3.8, 4) is 0 Å². The van der Waals surface area contributed by atoms with Crippen LogP contribution in [0.2, 0.25) is 5.02 Å². The summed E-state index contributed by atoms with van der Waals surface area (Å²) in [5, 5.41) is 10.7. The van der Waals surface area contributed by atoms with E-state index in [1.54, 1.807) is 12.1 Å². The highest BCUT2D eigenvalue weighted by Crippen LogP contribution is 2.29. The Labute approximate surface area is 117 Å². The quantitative estimate of drug-likeness (QED) is 0.796. The van der Waals surface area contributed by atoms with E-state index in [2.05, 4.69) is 0 Å². The molecule has 1 amide bonds. The van der Waals surface area contributed by atoms with Gasteiger partial charge >= 0.3 is 6.09 Å². The van der Waals surface area contributed by atoms with Gasteiger partial charge in [0.25, 0.3) is 0 Å². The number of aliphatic hydroxyl groups excluding tert-OH is 1. The van der Waals surface area contributed by atoms with Crippen LogP contribution in [0.5, 0.6) is 0 Å². The third kappa shape index (κ3) is 3.39. The molecule has 1 aromatic carbocycles. The number of benzene rings is 1. The van der Waals surface area contributed by atoms with Gasteiger partial charge in [-0.15, -0.1) is 0 Å². The normalized spacial score (nSPS) is 19.0. The van der Waals surface area contributed by atoms with Gasteiger partial charge in [-0.05, 0) is 44.0 Å². The molecule has 2 rings (SSSR count). The van der Waals surface area contributed by atoms with Crippen LogP contribution in [-0.2, 0) is 11.3 Å². The Morgan fingerprint density at radius 1 is 1.47 bits per heavy atom. The number of amides is 1. The van der Waals surface area contributed by atoms with E-state index in [-0.39, 0.29) is 6.54 Å². The Kier molecular flexibility index (Phi) is 3.74. The van der Waals surface area contributed by atoms with Gasteiger partial charge in [0.2, 0.25) is 0 Å². The lowest BCUT2D eigenvalue weighted by molar-refractivity contribution is 0.00829. The summed E-state index contributed by atoms with van der Waals surface area (Å²) in [5.41, 5.74) is 1.14. The summed E-state index contributed by atoms with van der Waals surface area (Å²) in [6.07, 6.45) is -1.14. The summed E-state index contributed by atoms with van der Waals surface area (Å²) in [5.74, 6) is 0. The van der Waals surface area contributed by atoms with Crippen LogP contribution in [0.4, 0.5) is 4.79 Å². The number of carbonyl (C=O) groups is 1. The summed E-state index contributed by atoms with van der Waals surface area (Å²) >= 11 is 5.91. The lowest BCUT2D eigenvalue weighted by Gasteiger charge is -2.33. The second-order valence-electron chi connectivity index (χ2n) is 5.72. The molecule has 1 N–H and O–H groups in total. The Morgan fingerprint density at radius 3 is 2.79 bits per heavy atom. The largest absolute Gasteiger partial charge is 0.444 e. The molecule has 0 saturated heterocycles. The van der Waals surface area contributed by atoms with Crippen LogP contribution in [0.15, 0.2) is 18.2 Å². The van der Waals surface area contributed by atoms with Crippen molar-refractivity contribution in [1.82, 2.24) is 4.90 Å². The number of rotatable bonds is 0. The minimum atomic E-state index is -0.727. The Morgan fingerprint density at radius 2 is 2.16 bits per heavy atom. The molecule has 0 bridgehead atoms. The second kappa shape index (κ2) is 5.02. The van der Waals surface area contributed by atoms with Crippen LogP contribution in [0.1, 0.15) is 38.0 Å². The average Bonchev–Trinajstić information content (AvgIpc) is 2.27. The SMILES string of the molecule is CC(C)(C)OC(=O)N1Cc2ccc(Cl)cc2C(O)C1. The number of aliphatic hydroxyl groups is 1. The predicted octanol–water partition coefficient (Wildman–Crippen LogP) is 3.12. The van der Waals surface area contributed by atoms with Gasteiger partial charge in [0.05, 0.1) is 12.6 Å². The number of carbonyl (C=O) groups excluding carboxylic acids is 1. The zero-order valence-electron chi connectivity index (χ0n) is 11.3. The fourth-order valence-electron chi connectivity index (χ4n) is 2.06. The molecule has 0 saturated carbocycles. The Balaban J connectivity index is 2.17. The lowest BCUT2D eigenvalue weighted by atomic mass is 9.98. The molecule has 1 unspecified atom stereocenters. The molecule has 4 nitrogen and oxygen atoms in total. The topological polar surface area (TPSA) is 49.8 Å². The average molecular weight is 284 g/mol. The fraction of sp³-hybridized carbons (Fsp3) is 0.500. The molecule has 0 spiro atoms. The van der Waals surface area contributed by atoms with Crippen molar-refractivity contribution in [2.75, 3.05) is 6.54 Å². The maximum absolute atomic E-state index is 12.0. The van der Waals surface area contributed by atoms with Gasteiger partial charge in [-0.25, -0.2) is 4.79 Å². The van der Waals surface area contributed by atoms with E-state index >= 15 is 0 Å². The molecule has 104 valence electrons.